The Bertz CT molecular complexity index is 654. The number of aryl methyl sites for hydroxylation is 1. The third-order valence-electron chi connectivity index (χ3n) is 3.62. The smallest absolute Gasteiger partial charge is 0.255 e. The Morgan fingerprint density at radius 1 is 1.19 bits per heavy atom. The molecule has 21 heavy (non-hydrogen) atoms. The predicted octanol–water partition coefficient (Wildman–Crippen LogP) is 5.20. The summed E-state index contributed by atoms with van der Waals surface area (Å²) in [7, 11) is 1.85. The second kappa shape index (κ2) is 6.92. The second-order valence-electron chi connectivity index (χ2n) is 5.13. The lowest BCUT2D eigenvalue weighted by Crippen LogP contribution is -2.30. The molecule has 2 aromatic carbocycles. The molecule has 0 bridgehead atoms. The van der Waals surface area contributed by atoms with E-state index in [-0.39, 0.29) is 11.9 Å². The molecular weight excluding hydrogens is 441 g/mol. The zero-order chi connectivity index (χ0) is 15.6. The van der Waals surface area contributed by atoms with Gasteiger partial charge in [0.05, 0.1) is 11.6 Å². The highest BCUT2D eigenvalue weighted by Crippen LogP contribution is 2.24. The van der Waals surface area contributed by atoms with Gasteiger partial charge in [0.15, 0.2) is 0 Å². The van der Waals surface area contributed by atoms with Crippen LogP contribution in [-0.4, -0.2) is 17.9 Å². The van der Waals surface area contributed by atoms with Crippen molar-refractivity contribution in [3.63, 3.8) is 0 Å². The Balaban J connectivity index is 2.26. The fourth-order valence-corrected chi connectivity index (χ4v) is 3.02. The first-order chi connectivity index (χ1) is 9.90. The van der Waals surface area contributed by atoms with Crippen molar-refractivity contribution in [1.29, 1.82) is 0 Å². The Morgan fingerprint density at radius 2 is 1.81 bits per heavy atom. The summed E-state index contributed by atoms with van der Waals surface area (Å²) in [4.78, 5) is 14.5. The van der Waals surface area contributed by atoms with Crippen LogP contribution in [0.4, 0.5) is 0 Å². The number of carbonyl (C=O) groups is 1. The molecule has 2 nitrogen and oxygen atoms in total. The maximum absolute atomic E-state index is 12.7. The van der Waals surface area contributed by atoms with Gasteiger partial charge in [-0.1, -0.05) is 45.8 Å². The summed E-state index contributed by atoms with van der Waals surface area (Å²) in [6, 6.07) is 14.1. The molecule has 2 aromatic rings. The van der Waals surface area contributed by atoms with Gasteiger partial charge in [0.1, 0.15) is 0 Å². The molecule has 0 aromatic heterocycles. The maximum Gasteiger partial charge on any atom is 0.255 e. The minimum absolute atomic E-state index is 0.0351. The van der Waals surface area contributed by atoms with E-state index < -0.39 is 0 Å². The second-order valence-corrected chi connectivity index (χ2v) is 7.20. The van der Waals surface area contributed by atoms with Crippen molar-refractivity contribution < 1.29 is 4.79 Å². The number of carbonyl (C=O) groups excluding carboxylic acids is 1. The van der Waals surface area contributed by atoms with E-state index in [9.17, 15) is 4.79 Å². The van der Waals surface area contributed by atoms with E-state index in [4.69, 9.17) is 0 Å². The van der Waals surface area contributed by atoms with E-state index in [2.05, 4.69) is 69.7 Å². The van der Waals surface area contributed by atoms with E-state index in [1.165, 1.54) is 5.56 Å². The van der Waals surface area contributed by atoms with E-state index in [0.29, 0.717) is 0 Å². The predicted molar refractivity (Wildman–Crippen MR) is 98.5 cm³/mol. The van der Waals surface area contributed by atoms with Crippen molar-refractivity contribution in [2.45, 2.75) is 19.9 Å². The minimum Gasteiger partial charge on any atom is -0.335 e. The summed E-state index contributed by atoms with van der Waals surface area (Å²) in [5.74, 6) is 0.0359. The van der Waals surface area contributed by atoms with Gasteiger partial charge in [0, 0.05) is 15.1 Å². The summed E-state index contributed by atoms with van der Waals surface area (Å²) in [6.07, 6.45) is 0. The minimum atomic E-state index is 0.0351. The summed E-state index contributed by atoms with van der Waals surface area (Å²) in [5.41, 5.74) is 3.09. The number of halogens is 2. The zero-order valence-corrected chi connectivity index (χ0v) is 16.0. The van der Waals surface area contributed by atoms with Crippen molar-refractivity contribution in [3.05, 3.63) is 67.2 Å². The summed E-state index contributed by atoms with van der Waals surface area (Å²) >= 11 is 5.63. The van der Waals surface area contributed by atoms with Gasteiger partial charge in [-0.15, -0.1) is 0 Å². The van der Waals surface area contributed by atoms with E-state index in [1.807, 2.05) is 32.2 Å². The zero-order valence-electron chi connectivity index (χ0n) is 12.2. The van der Waals surface area contributed by atoms with Crippen LogP contribution in [0.3, 0.4) is 0 Å². The standard InChI is InChI=1S/C17H17BrINO/c1-11-4-6-13(7-5-11)12(2)20(3)17(21)15-10-14(18)8-9-16(15)19/h4-10,12H,1-3H3. The molecule has 0 aliphatic heterocycles. The van der Waals surface area contributed by atoms with Gasteiger partial charge < -0.3 is 4.90 Å². The lowest BCUT2D eigenvalue weighted by molar-refractivity contribution is 0.0741. The van der Waals surface area contributed by atoms with Gasteiger partial charge >= 0.3 is 0 Å². The van der Waals surface area contributed by atoms with Crippen molar-refractivity contribution in [2.75, 3.05) is 7.05 Å². The maximum atomic E-state index is 12.7. The van der Waals surface area contributed by atoms with Crippen LogP contribution in [0.1, 0.15) is 34.5 Å². The molecule has 4 heteroatoms. The van der Waals surface area contributed by atoms with Crippen LogP contribution in [0.2, 0.25) is 0 Å². The molecule has 0 spiro atoms. The van der Waals surface area contributed by atoms with Gasteiger partial charge in [0.25, 0.3) is 5.91 Å². The molecular formula is C17H17BrINO. The third kappa shape index (κ3) is 3.86. The molecule has 0 saturated heterocycles. The average Bonchev–Trinajstić information content (AvgIpc) is 2.48. The van der Waals surface area contributed by atoms with Crippen LogP contribution in [0.25, 0.3) is 0 Å². The lowest BCUT2D eigenvalue weighted by atomic mass is 10.0. The Hall–Kier alpha value is -0.880. The monoisotopic (exact) mass is 457 g/mol. The molecule has 0 aliphatic rings. The van der Waals surface area contributed by atoms with Crippen LogP contribution in [-0.2, 0) is 0 Å². The molecule has 1 amide bonds. The van der Waals surface area contributed by atoms with E-state index in [1.54, 1.807) is 4.90 Å². The van der Waals surface area contributed by atoms with Gasteiger partial charge in [-0.05, 0) is 60.2 Å². The molecule has 0 saturated carbocycles. The first-order valence-electron chi connectivity index (χ1n) is 6.69. The molecule has 1 atom stereocenters. The summed E-state index contributed by atoms with van der Waals surface area (Å²) in [6.45, 7) is 4.11. The van der Waals surface area contributed by atoms with Gasteiger partial charge in [-0.3, -0.25) is 4.79 Å². The number of nitrogens with zero attached hydrogens (tertiary/aromatic N) is 1. The molecule has 0 heterocycles. The Labute approximate surface area is 147 Å². The van der Waals surface area contributed by atoms with Gasteiger partial charge in [-0.25, -0.2) is 0 Å². The first-order valence-corrected chi connectivity index (χ1v) is 8.56. The normalized spacial score (nSPS) is 12.0. The quantitative estimate of drug-likeness (QED) is 0.580. The van der Waals surface area contributed by atoms with Crippen molar-refractivity contribution in [3.8, 4) is 0 Å². The number of hydrogen-bond donors (Lipinski definition) is 0. The third-order valence-corrected chi connectivity index (χ3v) is 5.05. The Kier molecular flexibility index (Phi) is 5.43. The summed E-state index contributed by atoms with van der Waals surface area (Å²) < 4.78 is 1.88. The molecule has 2 rings (SSSR count). The van der Waals surface area contributed by atoms with Gasteiger partial charge in [0.2, 0.25) is 0 Å². The lowest BCUT2D eigenvalue weighted by Gasteiger charge is -2.26. The number of amides is 1. The molecule has 0 N–H and O–H groups in total. The van der Waals surface area contributed by atoms with Gasteiger partial charge in [-0.2, -0.15) is 0 Å². The Morgan fingerprint density at radius 3 is 2.43 bits per heavy atom. The highest BCUT2D eigenvalue weighted by Gasteiger charge is 2.20. The summed E-state index contributed by atoms with van der Waals surface area (Å²) in [5, 5.41) is 0. The van der Waals surface area contributed by atoms with Crippen LogP contribution >= 0.6 is 38.5 Å². The van der Waals surface area contributed by atoms with Crippen LogP contribution in [0.15, 0.2) is 46.9 Å². The van der Waals surface area contributed by atoms with Crippen LogP contribution in [0, 0.1) is 10.5 Å². The SMILES string of the molecule is Cc1ccc(C(C)N(C)C(=O)c2cc(Br)ccc2I)cc1. The van der Waals surface area contributed by atoms with Crippen LogP contribution in [0.5, 0.6) is 0 Å². The fourth-order valence-electron chi connectivity index (χ4n) is 2.10. The first kappa shape index (κ1) is 16.5. The average molecular weight is 458 g/mol. The number of benzene rings is 2. The molecule has 0 radical (unpaired) electrons. The molecule has 0 fully saturated rings. The molecule has 0 aliphatic carbocycles. The van der Waals surface area contributed by atoms with Crippen LogP contribution < -0.4 is 0 Å². The fraction of sp³-hybridized carbons (Fsp3) is 0.235. The largest absolute Gasteiger partial charge is 0.335 e. The number of hydrogen-bond acceptors (Lipinski definition) is 1. The van der Waals surface area contributed by atoms with Crippen molar-refractivity contribution in [2.24, 2.45) is 0 Å². The van der Waals surface area contributed by atoms with Crippen molar-refractivity contribution in [1.82, 2.24) is 4.90 Å². The van der Waals surface area contributed by atoms with E-state index in [0.717, 1.165) is 19.2 Å². The molecule has 110 valence electrons. The highest BCUT2D eigenvalue weighted by molar-refractivity contribution is 14.1. The topological polar surface area (TPSA) is 20.3 Å². The van der Waals surface area contributed by atoms with Crippen molar-refractivity contribution >= 4 is 44.4 Å². The highest BCUT2D eigenvalue weighted by atomic mass is 127. The number of rotatable bonds is 3. The van der Waals surface area contributed by atoms with E-state index >= 15 is 0 Å². The molecule has 1 unspecified atom stereocenters.